The highest BCUT2D eigenvalue weighted by atomic mass is 16.5. The zero-order valence-electron chi connectivity index (χ0n) is 12.9. The lowest BCUT2D eigenvalue weighted by Crippen LogP contribution is -2.54. The molecule has 23 heavy (non-hydrogen) atoms. The molecule has 8 nitrogen and oxygen atoms in total. The third-order valence-corrected chi connectivity index (χ3v) is 4.18. The Hall–Kier alpha value is -2.35. The fourth-order valence-electron chi connectivity index (χ4n) is 2.88. The third kappa shape index (κ3) is 3.53. The zero-order valence-corrected chi connectivity index (χ0v) is 12.9. The largest absolute Gasteiger partial charge is 0.379 e. The van der Waals surface area contributed by atoms with Crippen molar-refractivity contribution in [1.82, 2.24) is 15.2 Å². The van der Waals surface area contributed by atoms with Gasteiger partial charge in [-0.05, 0) is 18.6 Å². The molecule has 1 unspecified atom stereocenters. The molecule has 0 aliphatic carbocycles. The molecule has 3 amide bonds. The van der Waals surface area contributed by atoms with Gasteiger partial charge in [0.05, 0.1) is 18.2 Å². The molecule has 8 heteroatoms. The number of anilines is 1. The number of amides is 3. The molecule has 2 fully saturated rings. The first kappa shape index (κ1) is 15.5. The van der Waals surface area contributed by atoms with E-state index in [1.165, 1.54) is 0 Å². The molecular formula is C15H21N5O3. The highest BCUT2D eigenvalue weighted by Gasteiger charge is 2.26. The van der Waals surface area contributed by atoms with Crippen LogP contribution in [0.15, 0.2) is 18.3 Å². The second-order valence-electron chi connectivity index (χ2n) is 5.72. The number of piperazine rings is 1. The summed E-state index contributed by atoms with van der Waals surface area (Å²) in [4.78, 5) is 31.8. The van der Waals surface area contributed by atoms with Gasteiger partial charge in [-0.2, -0.15) is 0 Å². The maximum absolute atomic E-state index is 12.2. The Labute approximate surface area is 134 Å². The molecule has 1 atom stereocenters. The molecule has 3 rings (SSSR count). The van der Waals surface area contributed by atoms with Crippen LogP contribution in [-0.4, -0.2) is 67.3 Å². The van der Waals surface area contributed by atoms with Gasteiger partial charge in [-0.3, -0.25) is 4.79 Å². The second-order valence-corrected chi connectivity index (χ2v) is 5.72. The molecule has 2 aliphatic heterocycles. The number of pyridine rings is 1. The van der Waals surface area contributed by atoms with E-state index in [-0.39, 0.29) is 12.1 Å². The van der Waals surface area contributed by atoms with Gasteiger partial charge in [-0.1, -0.05) is 0 Å². The van der Waals surface area contributed by atoms with Crippen molar-refractivity contribution in [3.05, 3.63) is 23.9 Å². The first-order valence-corrected chi connectivity index (χ1v) is 7.78. The summed E-state index contributed by atoms with van der Waals surface area (Å²) < 4.78 is 5.26. The number of hydrogen-bond acceptors (Lipinski definition) is 5. The van der Waals surface area contributed by atoms with Crippen LogP contribution in [0.5, 0.6) is 0 Å². The smallest absolute Gasteiger partial charge is 0.317 e. The molecule has 2 aliphatic rings. The molecule has 2 saturated heterocycles. The van der Waals surface area contributed by atoms with Crippen molar-refractivity contribution >= 4 is 17.8 Å². The maximum atomic E-state index is 12.2. The van der Waals surface area contributed by atoms with E-state index < -0.39 is 5.91 Å². The minimum absolute atomic E-state index is 0.0590. The molecule has 0 bridgehead atoms. The number of urea groups is 1. The van der Waals surface area contributed by atoms with E-state index in [2.05, 4.69) is 10.3 Å². The number of carbonyl (C=O) groups is 2. The number of ether oxygens (including phenoxy) is 1. The Kier molecular flexibility index (Phi) is 4.61. The van der Waals surface area contributed by atoms with E-state index >= 15 is 0 Å². The van der Waals surface area contributed by atoms with Gasteiger partial charge in [0.2, 0.25) is 0 Å². The van der Waals surface area contributed by atoms with Crippen LogP contribution in [-0.2, 0) is 4.74 Å². The zero-order chi connectivity index (χ0) is 16.2. The number of nitrogens with two attached hydrogens (primary N) is 1. The standard InChI is InChI=1S/C15H21N5O3/c16-13(21)12-2-1-4-17-14(12)19-5-7-20(8-6-19)15(22)18-11-3-9-23-10-11/h1-2,4,11H,3,5-10H2,(H2,16,21)(H,18,22). The topological polar surface area (TPSA) is 101 Å². The van der Waals surface area contributed by atoms with Gasteiger partial charge in [0.25, 0.3) is 5.91 Å². The van der Waals surface area contributed by atoms with Gasteiger partial charge in [-0.15, -0.1) is 0 Å². The predicted octanol–water partition coefficient (Wildman–Crippen LogP) is -0.199. The average molecular weight is 319 g/mol. The second kappa shape index (κ2) is 6.82. The summed E-state index contributed by atoms with van der Waals surface area (Å²) in [5.41, 5.74) is 5.81. The van der Waals surface area contributed by atoms with Crippen LogP contribution in [0.1, 0.15) is 16.8 Å². The summed E-state index contributed by atoms with van der Waals surface area (Å²) in [6, 6.07) is 3.41. The molecule has 124 valence electrons. The predicted molar refractivity (Wildman–Crippen MR) is 84.3 cm³/mol. The molecule has 1 aromatic rings. The minimum atomic E-state index is -0.491. The van der Waals surface area contributed by atoms with Crippen molar-refractivity contribution in [2.24, 2.45) is 5.73 Å². The highest BCUT2D eigenvalue weighted by molar-refractivity contribution is 5.97. The molecule has 1 aromatic heterocycles. The lowest BCUT2D eigenvalue weighted by molar-refractivity contribution is 0.1000. The lowest BCUT2D eigenvalue weighted by atomic mass is 10.2. The molecule has 3 N–H and O–H groups in total. The van der Waals surface area contributed by atoms with E-state index in [9.17, 15) is 9.59 Å². The van der Waals surface area contributed by atoms with Crippen LogP contribution in [0.3, 0.4) is 0 Å². The van der Waals surface area contributed by atoms with E-state index in [4.69, 9.17) is 10.5 Å². The third-order valence-electron chi connectivity index (χ3n) is 4.18. The van der Waals surface area contributed by atoms with Gasteiger partial charge < -0.3 is 25.6 Å². The summed E-state index contributed by atoms with van der Waals surface area (Å²) in [6.45, 7) is 3.68. The number of primary amides is 1. The molecule has 3 heterocycles. The molecule has 0 radical (unpaired) electrons. The quantitative estimate of drug-likeness (QED) is 0.803. The van der Waals surface area contributed by atoms with Crippen molar-refractivity contribution in [3.63, 3.8) is 0 Å². The first-order valence-electron chi connectivity index (χ1n) is 7.78. The summed E-state index contributed by atoms with van der Waals surface area (Å²) >= 11 is 0. The van der Waals surface area contributed by atoms with E-state index in [0.29, 0.717) is 50.8 Å². The molecule has 0 aromatic carbocycles. The number of rotatable bonds is 3. The Morgan fingerprint density at radius 2 is 2.09 bits per heavy atom. The molecule has 0 spiro atoms. The maximum Gasteiger partial charge on any atom is 0.317 e. The van der Waals surface area contributed by atoms with Crippen molar-refractivity contribution in [2.45, 2.75) is 12.5 Å². The Morgan fingerprint density at radius 1 is 1.30 bits per heavy atom. The lowest BCUT2D eigenvalue weighted by Gasteiger charge is -2.36. The number of nitrogens with zero attached hydrogens (tertiary/aromatic N) is 3. The number of nitrogens with one attached hydrogen (secondary N) is 1. The summed E-state index contributed by atoms with van der Waals surface area (Å²) in [5, 5.41) is 2.99. The molecular weight excluding hydrogens is 298 g/mol. The van der Waals surface area contributed by atoms with Crippen LogP contribution in [0.25, 0.3) is 0 Å². The van der Waals surface area contributed by atoms with Crippen molar-refractivity contribution in [3.8, 4) is 0 Å². The SMILES string of the molecule is NC(=O)c1cccnc1N1CCN(C(=O)NC2CCOC2)CC1. The van der Waals surface area contributed by atoms with E-state index in [1.807, 2.05) is 4.90 Å². The summed E-state index contributed by atoms with van der Waals surface area (Å²) in [7, 11) is 0. The number of hydrogen-bond donors (Lipinski definition) is 2. The van der Waals surface area contributed by atoms with Gasteiger partial charge in [0.15, 0.2) is 0 Å². The monoisotopic (exact) mass is 319 g/mol. The Bertz CT molecular complexity index is 580. The first-order chi connectivity index (χ1) is 11.1. The minimum Gasteiger partial charge on any atom is -0.379 e. The van der Waals surface area contributed by atoms with Crippen LogP contribution in [0.4, 0.5) is 10.6 Å². The number of carbonyl (C=O) groups excluding carboxylic acids is 2. The van der Waals surface area contributed by atoms with Crippen LogP contribution in [0.2, 0.25) is 0 Å². The normalized spacial score (nSPS) is 21.3. The van der Waals surface area contributed by atoms with Gasteiger partial charge in [0.1, 0.15) is 5.82 Å². The van der Waals surface area contributed by atoms with Gasteiger partial charge in [0, 0.05) is 39.0 Å². The average Bonchev–Trinajstić information content (AvgIpc) is 3.08. The Morgan fingerprint density at radius 3 is 2.74 bits per heavy atom. The number of aromatic nitrogens is 1. The van der Waals surface area contributed by atoms with Crippen LogP contribution >= 0.6 is 0 Å². The van der Waals surface area contributed by atoms with E-state index in [0.717, 1.165) is 6.42 Å². The van der Waals surface area contributed by atoms with Crippen molar-refractivity contribution in [1.29, 1.82) is 0 Å². The highest BCUT2D eigenvalue weighted by Crippen LogP contribution is 2.18. The van der Waals surface area contributed by atoms with Crippen molar-refractivity contribution < 1.29 is 14.3 Å². The van der Waals surface area contributed by atoms with Crippen LogP contribution < -0.4 is 16.0 Å². The fraction of sp³-hybridized carbons (Fsp3) is 0.533. The Balaban J connectivity index is 1.58. The van der Waals surface area contributed by atoms with Crippen molar-refractivity contribution in [2.75, 3.05) is 44.3 Å². The fourth-order valence-corrected chi connectivity index (χ4v) is 2.88. The van der Waals surface area contributed by atoms with Gasteiger partial charge >= 0.3 is 6.03 Å². The van der Waals surface area contributed by atoms with Gasteiger partial charge in [-0.25, -0.2) is 9.78 Å². The summed E-state index contributed by atoms with van der Waals surface area (Å²) in [5.74, 6) is 0.0961. The van der Waals surface area contributed by atoms with E-state index in [1.54, 1.807) is 23.2 Å². The van der Waals surface area contributed by atoms with Crippen LogP contribution in [0, 0.1) is 0 Å². The summed E-state index contributed by atoms with van der Waals surface area (Å²) in [6.07, 6.45) is 2.50. The molecule has 0 saturated carbocycles.